The number of hydrogen-bond acceptors (Lipinski definition) is 22. The molecule has 0 aliphatic heterocycles. The number of aromatic nitrogens is 22. The molecule has 22 heteroatoms. The first kappa shape index (κ1) is 52.5. The van der Waals surface area contributed by atoms with Crippen molar-refractivity contribution in [2.45, 2.75) is 62.3 Å². The van der Waals surface area contributed by atoms with Gasteiger partial charge in [-0.1, -0.05) is 6.07 Å². The Hall–Kier alpha value is -8.56. The van der Waals surface area contributed by atoms with Gasteiger partial charge in [0.2, 0.25) is 0 Å². The van der Waals surface area contributed by atoms with Crippen molar-refractivity contribution in [1.82, 2.24) is 111 Å². The van der Waals surface area contributed by atoms with Crippen LogP contribution in [0, 0.1) is 62.3 Å². The minimum Gasteiger partial charge on any atom is -0.262 e. The molecule has 0 N–H and O–H groups in total. The normalized spacial score (nSPS) is 8.71. The van der Waals surface area contributed by atoms with Crippen molar-refractivity contribution in [2.24, 2.45) is 0 Å². The molecule has 0 bridgehead atoms. The van der Waals surface area contributed by atoms with Crippen LogP contribution in [0.5, 0.6) is 0 Å². The van der Waals surface area contributed by atoms with E-state index in [2.05, 4.69) is 111 Å². The summed E-state index contributed by atoms with van der Waals surface area (Å²) >= 11 is 0. The summed E-state index contributed by atoms with van der Waals surface area (Å²) in [5.74, 6) is 1.47. The first-order chi connectivity index (χ1) is 30.5. The van der Waals surface area contributed by atoms with Crippen molar-refractivity contribution in [3.05, 3.63) is 194 Å². The van der Waals surface area contributed by atoms with E-state index in [0.717, 1.165) is 45.7 Å². The van der Waals surface area contributed by atoms with Gasteiger partial charge in [-0.3, -0.25) is 15.0 Å². The average Bonchev–Trinajstić information content (AvgIpc) is 3.31. The van der Waals surface area contributed by atoms with E-state index in [9.17, 15) is 0 Å². The van der Waals surface area contributed by atoms with Gasteiger partial charge in [0.25, 0.3) is 0 Å². The molecule has 9 aromatic rings. The van der Waals surface area contributed by atoms with Crippen LogP contribution in [0.2, 0.25) is 0 Å². The van der Waals surface area contributed by atoms with Crippen LogP contribution in [-0.2, 0) is 0 Å². The van der Waals surface area contributed by atoms with Crippen LogP contribution in [0.3, 0.4) is 0 Å². The van der Waals surface area contributed by atoms with E-state index in [4.69, 9.17) is 0 Å². The monoisotopic (exact) mass is 850 g/mol. The van der Waals surface area contributed by atoms with Crippen LogP contribution in [0.25, 0.3) is 0 Å². The minimum atomic E-state index is 0.648. The molecule has 0 spiro atoms. The zero-order valence-corrected chi connectivity index (χ0v) is 36.6. The third kappa shape index (κ3) is 35.1. The number of pyridine rings is 1. The maximum Gasteiger partial charge on any atom is 0.151 e. The first-order valence-electron chi connectivity index (χ1n) is 18.6. The summed E-state index contributed by atoms with van der Waals surface area (Å²) in [6, 6.07) is 15.1. The molecule has 324 valence electrons. The van der Waals surface area contributed by atoms with Gasteiger partial charge in [0.1, 0.15) is 31.1 Å². The van der Waals surface area contributed by atoms with Crippen LogP contribution in [0.1, 0.15) is 51.5 Å². The molecule has 63 heavy (non-hydrogen) atoms. The molecule has 0 amide bonds. The minimum absolute atomic E-state index is 0.648. The van der Waals surface area contributed by atoms with E-state index in [1.807, 2.05) is 91.8 Å². The molecule has 0 radical (unpaired) electrons. The third-order valence-corrected chi connectivity index (χ3v) is 6.03. The molecule has 22 nitrogen and oxygen atoms in total. The van der Waals surface area contributed by atoms with Crippen LogP contribution in [0.15, 0.2) is 142 Å². The lowest BCUT2D eigenvalue weighted by atomic mass is 10.4. The van der Waals surface area contributed by atoms with Crippen LogP contribution >= 0.6 is 0 Å². The van der Waals surface area contributed by atoms with Crippen LogP contribution in [-0.4, -0.2) is 111 Å². The molecular weight excluding hydrogens is 801 g/mol. The van der Waals surface area contributed by atoms with Gasteiger partial charge in [-0.2, -0.15) is 20.4 Å². The summed E-state index contributed by atoms with van der Waals surface area (Å²) in [4.78, 5) is 38.3. The Morgan fingerprint density at radius 2 is 0.905 bits per heavy atom. The first-order valence-corrected chi connectivity index (χ1v) is 18.6. The maximum atomic E-state index is 3.98. The molecule has 0 saturated heterocycles. The summed E-state index contributed by atoms with van der Waals surface area (Å²) in [7, 11) is 0. The molecule has 0 fully saturated rings. The fraction of sp³-hybridized carbons (Fsp3) is 0.220. The lowest BCUT2D eigenvalue weighted by Crippen LogP contribution is -1.90. The van der Waals surface area contributed by atoms with Crippen molar-refractivity contribution in [2.75, 3.05) is 0 Å². The lowest BCUT2D eigenvalue weighted by Gasteiger charge is -1.82. The van der Waals surface area contributed by atoms with Crippen molar-refractivity contribution in [3.63, 3.8) is 0 Å². The second-order valence-electron chi connectivity index (χ2n) is 11.7. The van der Waals surface area contributed by atoms with Gasteiger partial charge >= 0.3 is 0 Å². The zero-order valence-electron chi connectivity index (χ0n) is 36.6. The van der Waals surface area contributed by atoms with E-state index in [0.29, 0.717) is 5.82 Å². The highest BCUT2D eigenvalue weighted by molar-refractivity contribution is 5.00. The topological polar surface area (TPSA) is 284 Å². The fourth-order valence-electron chi connectivity index (χ4n) is 3.09. The number of hydrogen-bond donors (Lipinski definition) is 0. The Morgan fingerprint density at radius 1 is 0.270 bits per heavy atom. The van der Waals surface area contributed by atoms with Crippen molar-refractivity contribution in [3.8, 4) is 0 Å². The van der Waals surface area contributed by atoms with Gasteiger partial charge in [0.05, 0.1) is 47.1 Å². The average molecular weight is 851 g/mol. The van der Waals surface area contributed by atoms with Gasteiger partial charge in [-0.05, 0) is 115 Å². The molecule has 0 aliphatic rings. The summed E-state index contributed by atoms with van der Waals surface area (Å²) in [5.41, 5.74) is 6.65. The highest BCUT2D eigenvalue weighted by Gasteiger charge is 1.80. The highest BCUT2D eigenvalue weighted by Crippen LogP contribution is 1.87. The Labute approximate surface area is 366 Å². The molecule has 0 saturated carbocycles. The Bertz CT molecular complexity index is 1760. The van der Waals surface area contributed by atoms with E-state index >= 15 is 0 Å². The van der Waals surface area contributed by atoms with Gasteiger partial charge < -0.3 is 0 Å². The lowest BCUT2D eigenvalue weighted by molar-refractivity contribution is 0.783. The smallest absolute Gasteiger partial charge is 0.151 e. The molecule has 9 rings (SSSR count). The molecule has 0 aliphatic carbocycles. The summed E-state index contributed by atoms with van der Waals surface area (Å²) in [6.45, 7) is 16.9. The Kier molecular flexibility index (Phi) is 30.4. The number of nitrogens with zero attached hydrogens (tertiary/aromatic N) is 22. The number of aryl methyl sites for hydroxylation is 9. The SMILES string of the molecule is Cc1ccccn1.Cc1cccnn1.Cc1ccncn1.Cc1ccnnn1.Cc1cnccn1.Cc1cncnn1.Cc1cnncn1.Cc1ncccn1.Cc1ncnnn1. The molecular formula is C41H50N22. The molecule has 0 unspecified atom stereocenters. The molecule has 0 atom stereocenters. The van der Waals surface area contributed by atoms with Gasteiger partial charge in [-0.25, -0.2) is 34.9 Å². The largest absolute Gasteiger partial charge is 0.262 e. The summed E-state index contributed by atoms with van der Waals surface area (Å²) < 4.78 is 0. The fourth-order valence-corrected chi connectivity index (χ4v) is 3.09. The zero-order chi connectivity index (χ0) is 46.0. The standard InChI is InChI=1S/C6H7N.4C5H6N2.3C4H5N3.C3H4N4/c1-6-4-2-3-5-7-6;1-5-4-6-2-3-7-5;1-5-2-3-6-4-7-5;1-5-6-3-2-4-7-5;1-5-3-2-4-6-7-5;1-4-2-6-7-3-5-4;1-4-2-5-3-6-7-4;1-4-2-3-5-7-6-4;1-3-4-2-5-7-6-3/h2-5H,1H3;4*2-4H,1H3;3*2-3H,1H3;2H,1H3. The van der Waals surface area contributed by atoms with Crippen molar-refractivity contribution < 1.29 is 0 Å². The van der Waals surface area contributed by atoms with Gasteiger partial charge in [0, 0.05) is 61.0 Å². The Balaban J connectivity index is 0.000000354. The quantitative estimate of drug-likeness (QED) is 0.201. The van der Waals surface area contributed by atoms with Crippen LogP contribution in [0.4, 0.5) is 0 Å². The number of rotatable bonds is 0. The predicted octanol–water partition coefficient (Wildman–Crippen LogP) is 4.65. The predicted molar refractivity (Wildman–Crippen MR) is 232 cm³/mol. The van der Waals surface area contributed by atoms with Crippen LogP contribution < -0.4 is 0 Å². The van der Waals surface area contributed by atoms with Crippen molar-refractivity contribution >= 4 is 0 Å². The summed E-state index contributed by atoms with van der Waals surface area (Å²) in [6.07, 6.45) is 24.3. The molecule has 9 heterocycles. The second kappa shape index (κ2) is 36.5. The van der Waals surface area contributed by atoms with Gasteiger partial charge in [0.15, 0.2) is 5.82 Å². The Morgan fingerprint density at radius 3 is 1.19 bits per heavy atom. The highest BCUT2D eigenvalue weighted by atomic mass is 15.3. The third-order valence-electron chi connectivity index (χ3n) is 6.03. The van der Waals surface area contributed by atoms with Gasteiger partial charge in [-0.15, -0.1) is 30.6 Å². The second-order valence-corrected chi connectivity index (χ2v) is 11.7. The van der Waals surface area contributed by atoms with E-state index < -0.39 is 0 Å². The maximum absolute atomic E-state index is 3.98. The molecule has 0 aromatic carbocycles. The summed E-state index contributed by atoms with van der Waals surface area (Å²) in [5, 5.41) is 42.3. The van der Waals surface area contributed by atoms with E-state index in [1.165, 1.54) is 25.3 Å². The molecule has 9 aromatic heterocycles. The van der Waals surface area contributed by atoms with E-state index in [-0.39, 0.29) is 0 Å². The van der Waals surface area contributed by atoms with Crippen molar-refractivity contribution in [1.29, 1.82) is 0 Å². The van der Waals surface area contributed by atoms with E-state index in [1.54, 1.807) is 87.2 Å².